The Kier molecular flexibility index (Phi) is 3.59. The summed E-state index contributed by atoms with van der Waals surface area (Å²) in [5.41, 5.74) is 0. The molecule has 2 rings (SSSR count). The first kappa shape index (κ1) is 13.8. The molecule has 0 saturated heterocycles. The van der Waals surface area contributed by atoms with Crippen molar-refractivity contribution in [2.45, 2.75) is 0 Å². The summed E-state index contributed by atoms with van der Waals surface area (Å²) in [4.78, 5) is 11.4. The van der Waals surface area contributed by atoms with E-state index in [1.54, 1.807) is 0 Å². The SMILES string of the molecule is O=C(Oc1c(F)c(F)c(F)c(F)c1F)C1=COC=CO1. The third-order valence-electron chi connectivity index (χ3n) is 2.07. The van der Waals surface area contributed by atoms with E-state index in [4.69, 9.17) is 0 Å². The number of rotatable bonds is 2. The summed E-state index contributed by atoms with van der Waals surface area (Å²) >= 11 is 0. The molecule has 106 valence electrons. The number of halogens is 5. The van der Waals surface area contributed by atoms with Gasteiger partial charge in [0.1, 0.15) is 18.8 Å². The van der Waals surface area contributed by atoms with Gasteiger partial charge in [0.15, 0.2) is 0 Å². The Morgan fingerprint density at radius 2 is 1.45 bits per heavy atom. The van der Waals surface area contributed by atoms with Crippen molar-refractivity contribution in [2.75, 3.05) is 0 Å². The van der Waals surface area contributed by atoms with Crippen LogP contribution in [0.5, 0.6) is 5.75 Å². The molecule has 0 atom stereocenters. The molecule has 0 N–H and O–H groups in total. The van der Waals surface area contributed by atoms with Crippen molar-refractivity contribution in [3.63, 3.8) is 0 Å². The summed E-state index contributed by atoms with van der Waals surface area (Å²) in [6.07, 6.45) is 2.64. The average molecular weight is 294 g/mol. The molecule has 1 aromatic rings. The molecule has 0 fully saturated rings. The standard InChI is InChI=1S/C11H3F5O4/c12-5-6(13)8(15)10(9(16)7(5)14)20-11(17)4-3-18-1-2-19-4/h1-3H. The Balaban J connectivity index is 2.35. The van der Waals surface area contributed by atoms with Gasteiger partial charge in [-0.1, -0.05) is 0 Å². The first-order chi connectivity index (χ1) is 9.43. The summed E-state index contributed by atoms with van der Waals surface area (Å²) < 4.78 is 78.1. The maximum absolute atomic E-state index is 13.2. The molecule has 9 heteroatoms. The van der Waals surface area contributed by atoms with Crippen LogP contribution in [-0.4, -0.2) is 5.97 Å². The van der Waals surface area contributed by atoms with Crippen molar-refractivity contribution in [2.24, 2.45) is 0 Å². The second kappa shape index (κ2) is 5.19. The Bertz CT molecular complexity index is 609. The molecule has 0 spiro atoms. The molecule has 1 heterocycles. The van der Waals surface area contributed by atoms with Crippen LogP contribution in [0.2, 0.25) is 0 Å². The Morgan fingerprint density at radius 1 is 0.900 bits per heavy atom. The number of ether oxygens (including phenoxy) is 3. The molecule has 0 amide bonds. The van der Waals surface area contributed by atoms with E-state index in [-0.39, 0.29) is 0 Å². The van der Waals surface area contributed by atoms with Crippen molar-refractivity contribution in [3.05, 3.63) is 53.6 Å². The Morgan fingerprint density at radius 3 is 1.95 bits per heavy atom. The van der Waals surface area contributed by atoms with Gasteiger partial charge in [0.2, 0.25) is 40.6 Å². The molecule has 0 radical (unpaired) electrons. The number of esters is 1. The molecule has 20 heavy (non-hydrogen) atoms. The maximum atomic E-state index is 13.2. The smallest absolute Gasteiger partial charge is 0.383 e. The molecule has 4 nitrogen and oxygen atoms in total. The second-order valence-electron chi connectivity index (χ2n) is 3.30. The highest BCUT2D eigenvalue weighted by atomic mass is 19.2. The summed E-state index contributed by atoms with van der Waals surface area (Å²) in [7, 11) is 0. The Hall–Kier alpha value is -2.58. The van der Waals surface area contributed by atoms with Crippen molar-refractivity contribution in [1.29, 1.82) is 0 Å². The minimum absolute atomic E-state index is 0.642. The number of benzene rings is 1. The van der Waals surface area contributed by atoms with Crippen molar-refractivity contribution >= 4 is 5.97 Å². The molecule has 0 bridgehead atoms. The van der Waals surface area contributed by atoms with Gasteiger partial charge in [0.05, 0.1) is 0 Å². The highest BCUT2D eigenvalue weighted by molar-refractivity contribution is 5.88. The lowest BCUT2D eigenvalue weighted by Gasteiger charge is -2.11. The first-order valence-electron chi connectivity index (χ1n) is 4.84. The van der Waals surface area contributed by atoms with Crippen LogP contribution >= 0.6 is 0 Å². The number of hydrogen-bond acceptors (Lipinski definition) is 4. The summed E-state index contributed by atoms with van der Waals surface area (Å²) in [5, 5.41) is 0. The van der Waals surface area contributed by atoms with Crippen LogP contribution in [0.4, 0.5) is 22.0 Å². The van der Waals surface area contributed by atoms with Crippen molar-refractivity contribution < 1.29 is 41.0 Å². The van der Waals surface area contributed by atoms with E-state index in [0.717, 1.165) is 12.5 Å². The van der Waals surface area contributed by atoms with Gasteiger partial charge in [0.25, 0.3) is 0 Å². The van der Waals surface area contributed by atoms with Gasteiger partial charge in [-0.2, -0.15) is 8.78 Å². The van der Waals surface area contributed by atoms with E-state index in [0.29, 0.717) is 6.26 Å². The van der Waals surface area contributed by atoms with Gasteiger partial charge >= 0.3 is 5.97 Å². The zero-order valence-corrected chi connectivity index (χ0v) is 9.25. The van der Waals surface area contributed by atoms with Crippen LogP contribution in [0.25, 0.3) is 0 Å². The predicted octanol–water partition coefficient (Wildman–Crippen LogP) is 2.65. The molecule has 0 saturated carbocycles. The van der Waals surface area contributed by atoms with Crippen LogP contribution in [0.3, 0.4) is 0 Å². The molecule has 1 aromatic carbocycles. The van der Waals surface area contributed by atoms with Gasteiger partial charge in [-0.25, -0.2) is 18.0 Å². The van der Waals surface area contributed by atoms with Crippen molar-refractivity contribution in [3.8, 4) is 5.75 Å². The first-order valence-corrected chi connectivity index (χ1v) is 4.84. The van der Waals surface area contributed by atoms with Gasteiger partial charge in [-0.05, 0) is 0 Å². The largest absolute Gasteiger partial charge is 0.465 e. The average Bonchev–Trinajstić information content (AvgIpc) is 2.48. The minimum atomic E-state index is -2.36. The third-order valence-corrected chi connectivity index (χ3v) is 2.07. The summed E-state index contributed by atoms with van der Waals surface area (Å²) in [5.74, 6) is -15.3. The summed E-state index contributed by atoms with van der Waals surface area (Å²) in [6, 6.07) is 0. The zero-order valence-electron chi connectivity index (χ0n) is 9.25. The third kappa shape index (κ3) is 2.29. The van der Waals surface area contributed by atoms with E-state index >= 15 is 0 Å². The van der Waals surface area contributed by atoms with Gasteiger partial charge in [-0.15, -0.1) is 0 Å². The molecule has 0 unspecified atom stereocenters. The fourth-order valence-electron chi connectivity index (χ4n) is 1.18. The van der Waals surface area contributed by atoms with Crippen LogP contribution in [0.1, 0.15) is 0 Å². The van der Waals surface area contributed by atoms with E-state index in [1.807, 2.05) is 0 Å². The lowest BCUT2D eigenvalue weighted by molar-refractivity contribution is -0.134. The summed E-state index contributed by atoms with van der Waals surface area (Å²) in [6.45, 7) is 0. The van der Waals surface area contributed by atoms with E-state index in [1.165, 1.54) is 0 Å². The number of carbonyl (C=O) groups excluding carboxylic acids is 1. The van der Waals surface area contributed by atoms with Gasteiger partial charge in [0, 0.05) is 0 Å². The molecular weight excluding hydrogens is 291 g/mol. The lowest BCUT2D eigenvalue weighted by Crippen LogP contribution is -2.17. The van der Waals surface area contributed by atoms with E-state index in [2.05, 4.69) is 14.2 Å². The Labute approximate surface area is 107 Å². The monoisotopic (exact) mass is 294 g/mol. The molecule has 0 aromatic heterocycles. The predicted molar refractivity (Wildman–Crippen MR) is 51.3 cm³/mol. The van der Waals surface area contributed by atoms with E-state index < -0.39 is 46.6 Å². The molecular formula is C11H3F5O4. The lowest BCUT2D eigenvalue weighted by atomic mass is 10.2. The van der Waals surface area contributed by atoms with Gasteiger partial charge in [-0.3, -0.25) is 0 Å². The van der Waals surface area contributed by atoms with Crippen LogP contribution in [0, 0.1) is 29.1 Å². The van der Waals surface area contributed by atoms with Crippen LogP contribution < -0.4 is 4.74 Å². The quantitative estimate of drug-likeness (QED) is 0.276. The van der Waals surface area contributed by atoms with E-state index in [9.17, 15) is 26.7 Å². The van der Waals surface area contributed by atoms with Crippen LogP contribution in [-0.2, 0) is 14.3 Å². The minimum Gasteiger partial charge on any atom is -0.465 e. The number of carbonyl (C=O) groups is 1. The normalized spacial score (nSPS) is 13.3. The highest BCUT2D eigenvalue weighted by Crippen LogP contribution is 2.29. The molecule has 1 aliphatic heterocycles. The maximum Gasteiger partial charge on any atom is 0.383 e. The zero-order chi connectivity index (χ0) is 14.9. The molecule has 0 aliphatic carbocycles. The second-order valence-corrected chi connectivity index (χ2v) is 3.30. The topological polar surface area (TPSA) is 44.8 Å². The van der Waals surface area contributed by atoms with Crippen molar-refractivity contribution in [1.82, 2.24) is 0 Å². The fourth-order valence-corrected chi connectivity index (χ4v) is 1.18. The number of hydrogen-bond donors (Lipinski definition) is 0. The highest BCUT2D eigenvalue weighted by Gasteiger charge is 2.29. The molecule has 1 aliphatic rings. The van der Waals surface area contributed by atoms with Crippen LogP contribution in [0.15, 0.2) is 24.5 Å². The van der Waals surface area contributed by atoms with Gasteiger partial charge < -0.3 is 14.2 Å². The fraction of sp³-hybridized carbons (Fsp3) is 0.